The normalized spacial score (nSPS) is 17.9. The summed E-state index contributed by atoms with van der Waals surface area (Å²) in [5, 5.41) is 1.73. The van der Waals surface area contributed by atoms with Gasteiger partial charge in [0, 0.05) is 19.5 Å². The van der Waals surface area contributed by atoms with Crippen LogP contribution in [0.25, 0.3) is 0 Å². The van der Waals surface area contributed by atoms with Crippen molar-refractivity contribution in [2.45, 2.75) is 26.2 Å². The van der Waals surface area contributed by atoms with Gasteiger partial charge in [-0.15, -0.1) is 0 Å². The molecule has 1 rings (SSSR count). The molecule has 1 fully saturated rings. The fourth-order valence-corrected chi connectivity index (χ4v) is 1.09. The first-order valence-corrected chi connectivity index (χ1v) is 3.88. The van der Waals surface area contributed by atoms with Gasteiger partial charge < -0.3 is 0 Å². The number of rotatable bonds is 2. The maximum absolute atomic E-state index is 11.1. The van der Waals surface area contributed by atoms with Gasteiger partial charge in [0.15, 0.2) is 0 Å². The molecule has 1 amide bonds. The largest absolute Gasteiger partial charge is 0.278 e. The molecule has 10 heavy (non-hydrogen) atoms. The van der Waals surface area contributed by atoms with Crippen LogP contribution < -0.4 is 5.43 Å². The molecule has 0 aromatic heterocycles. The van der Waals surface area contributed by atoms with E-state index in [0.29, 0.717) is 6.42 Å². The molecule has 0 unspecified atom stereocenters. The van der Waals surface area contributed by atoms with Crippen LogP contribution in [0.4, 0.5) is 0 Å². The van der Waals surface area contributed by atoms with E-state index in [4.69, 9.17) is 0 Å². The number of carbonyl (C=O) groups is 1. The maximum Gasteiger partial charge on any atom is 0.236 e. The first kappa shape index (κ1) is 7.54. The SMILES string of the molecule is CCCC(=O)N1CCCN1. The molecular formula is C7H14N2O. The Bertz CT molecular complexity index is 119. The van der Waals surface area contributed by atoms with Gasteiger partial charge >= 0.3 is 0 Å². The zero-order valence-electron chi connectivity index (χ0n) is 6.39. The number of carbonyl (C=O) groups excluding carboxylic acids is 1. The Morgan fingerprint density at radius 2 is 2.50 bits per heavy atom. The van der Waals surface area contributed by atoms with Crippen LogP contribution in [0.15, 0.2) is 0 Å². The minimum atomic E-state index is 0.236. The van der Waals surface area contributed by atoms with Gasteiger partial charge in [0.1, 0.15) is 0 Å². The molecule has 58 valence electrons. The van der Waals surface area contributed by atoms with Gasteiger partial charge in [-0.25, -0.2) is 5.43 Å². The zero-order valence-corrected chi connectivity index (χ0v) is 6.39. The molecule has 0 radical (unpaired) electrons. The van der Waals surface area contributed by atoms with E-state index in [2.05, 4.69) is 5.43 Å². The second-order valence-electron chi connectivity index (χ2n) is 2.56. The summed E-state index contributed by atoms with van der Waals surface area (Å²) in [5.74, 6) is 0.236. The van der Waals surface area contributed by atoms with Crippen molar-refractivity contribution in [3.63, 3.8) is 0 Å². The maximum atomic E-state index is 11.1. The molecule has 1 aliphatic rings. The second-order valence-corrected chi connectivity index (χ2v) is 2.56. The minimum absolute atomic E-state index is 0.236. The predicted octanol–water partition coefficient (Wildman–Crippen LogP) is 0.523. The van der Waals surface area contributed by atoms with Gasteiger partial charge in [-0.3, -0.25) is 9.80 Å². The molecule has 0 aliphatic carbocycles. The summed E-state index contributed by atoms with van der Waals surface area (Å²) in [5.41, 5.74) is 3.02. The number of hydrogen-bond donors (Lipinski definition) is 1. The summed E-state index contributed by atoms with van der Waals surface area (Å²) in [7, 11) is 0. The zero-order chi connectivity index (χ0) is 7.40. The molecule has 0 saturated carbocycles. The van der Waals surface area contributed by atoms with Crippen LogP contribution >= 0.6 is 0 Å². The van der Waals surface area contributed by atoms with E-state index < -0.39 is 0 Å². The van der Waals surface area contributed by atoms with Crippen molar-refractivity contribution in [3.8, 4) is 0 Å². The van der Waals surface area contributed by atoms with E-state index in [0.717, 1.165) is 25.9 Å². The molecule has 0 atom stereocenters. The van der Waals surface area contributed by atoms with Crippen LogP contribution in [-0.2, 0) is 4.79 Å². The standard InChI is InChI=1S/C7H14N2O/c1-2-4-7(10)9-6-3-5-8-9/h8H,2-6H2,1H3. The Morgan fingerprint density at radius 3 is 3.00 bits per heavy atom. The average Bonchev–Trinajstić information content (AvgIpc) is 2.38. The summed E-state index contributed by atoms with van der Waals surface area (Å²) >= 11 is 0. The highest BCUT2D eigenvalue weighted by molar-refractivity contribution is 5.75. The molecule has 0 aromatic rings. The summed E-state index contributed by atoms with van der Waals surface area (Å²) in [4.78, 5) is 11.1. The molecule has 3 heteroatoms. The van der Waals surface area contributed by atoms with E-state index in [-0.39, 0.29) is 5.91 Å². The Morgan fingerprint density at radius 1 is 1.70 bits per heavy atom. The van der Waals surface area contributed by atoms with Gasteiger partial charge in [-0.2, -0.15) is 0 Å². The van der Waals surface area contributed by atoms with Crippen LogP contribution in [0.5, 0.6) is 0 Å². The van der Waals surface area contributed by atoms with Crippen molar-refractivity contribution in [1.29, 1.82) is 0 Å². The summed E-state index contributed by atoms with van der Waals surface area (Å²) in [6.45, 7) is 3.86. The third kappa shape index (κ3) is 1.70. The molecule has 0 aromatic carbocycles. The highest BCUT2D eigenvalue weighted by Crippen LogP contribution is 2.00. The smallest absolute Gasteiger partial charge is 0.236 e. The Hall–Kier alpha value is -0.570. The van der Waals surface area contributed by atoms with Crippen LogP contribution in [-0.4, -0.2) is 24.0 Å². The highest BCUT2D eigenvalue weighted by Gasteiger charge is 2.15. The molecule has 1 saturated heterocycles. The number of amides is 1. The van der Waals surface area contributed by atoms with Crippen molar-refractivity contribution >= 4 is 5.91 Å². The molecular weight excluding hydrogens is 128 g/mol. The molecule has 1 heterocycles. The lowest BCUT2D eigenvalue weighted by atomic mass is 10.3. The van der Waals surface area contributed by atoms with Gasteiger partial charge in [0.2, 0.25) is 5.91 Å². The Kier molecular flexibility index (Phi) is 2.68. The molecule has 0 spiro atoms. The van der Waals surface area contributed by atoms with Crippen LogP contribution in [0.1, 0.15) is 26.2 Å². The molecule has 1 aliphatic heterocycles. The second kappa shape index (κ2) is 3.56. The molecule has 1 N–H and O–H groups in total. The Balaban J connectivity index is 2.25. The number of nitrogens with zero attached hydrogens (tertiary/aromatic N) is 1. The third-order valence-corrected chi connectivity index (χ3v) is 1.63. The van der Waals surface area contributed by atoms with Crippen molar-refractivity contribution < 1.29 is 4.79 Å². The first-order valence-electron chi connectivity index (χ1n) is 3.88. The number of hydrogen-bond acceptors (Lipinski definition) is 2. The van der Waals surface area contributed by atoms with Gasteiger partial charge in [-0.05, 0) is 12.8 Å². The van der Waals surface area contributed by atoms with Crippen molar-refractivity contribution in [2.75, 3.05) is 13.1 Å². The quantitative estimate of drug-likeness (QED) is 0.609. The van der Waals surface area contributed by atoms with E-state index in [1.54, 1.807) is 5.01 Å². The highest BCUT2D eigenvalue weighted by atomic mass is 16.2. The lowest BCUT2D eigenvalue weighted by molar-refractivity contribution is -0.132. The lowest BCUT2D eigenvalue weighted by Crippen LogP contribution is -2.36. The fraction of sp³-hybridized carbons (Fsp3) is 0.857. The van der Waals surface area contributed by atoms with E-state index in [9.17, 15) is 4.79 Å². The summed E-state index contributed by atoms with van der Waals surface area (Å²) < 4.78 is 0. The van der Waals surface area contributed by atoms with Crippen LogP contribution in [0.3, 0.4) is 0 Å². The first-order chi connectivity index (χ1) is 4.84. The van der Waals surface area contributed by atoms with E-state index in [1.165, 1.54) is 0 Å². The third-order valence-electron chi connectivity index (χ3n) is 1.63. The molecule has 3 nitrogen and oxygen atoms in total. The predicted molar refractivity (Wildman–Crippen MR) is 39.2 cm³/mol. The minimum Gasteiger partial charge on any atom is -0.278 e. The summed E-state index contributed by atoms with van der Waals surface area (Å²) in [6, 6.07) is 0. The lowest BCUT2D eigenvalue weighted by Gasteiger charge is -2.14. The van der Waals surface area contributed by atoms with Crippen LogP contribution in [0, 0.1) is 0 Å². The van der Waals surface area contributed by atoms with Crippen molar-refractivity contribution in [3.05, 3.63) is 0 Å². The van der Waals surface area contributed by atoms with Gasteiger partial charge in [0.05, 0.1) is 0 Å². The number of hydrazine groups is 1. The number of nitrogens with one attached hydrogen (secondary N) is 1. The van der Waals surface area contributed by atoms with Crippen LogP contribution in [0.2, 0.25) is 0 Å². The monoisotopic (exact) mass is 142 g/mol. The molecule has 0 bridgehead atoms. The van der Waals surface area contributed by atoms with Gasteiger partial charge in [0.25, 0.3) is 0 Å². The van der Waals surface area contributed by atoms with E-state index in [1.807, 2.05) is 6.92 Å². The summed E-state index contributed by atoms with van der Waals surface area (Å²) in [6.07, 6.45) is 2.71. The van der Waals surface area contributed by atoms with Crippen molar-refractivity contribution in [1.82, 2.24) is 10.4 Å². The topological polar surface area (TPSA) is 32.3 Å². The van der Waals surface area contributed by atoms with E-state index >= 15 is 0 Å². The van der Waals surface area contributed by atoms with Crippen molar-refractivity contribution in [2.24, 2.45) is 0 Å². The Labute approximate surface area is 61.4 Å². The fourth-order valence-electron chi connectivity index (χ4n) is 1.09. The average molecular weight is 142 g/mol. The van der Waals surface area contributed by atoms with Gasteiger partial charge in [-0.1, -0.05) is 6.92 Å².